The molecular weight excluding hydrogens is 455 g/mol. The predicted octanol–water partition coefficient (Wildman–Crippen LogP) is 3.49. The van der Waals surface area contributed by atoms with E-state index in [1.165, 1.54) is 12.1 Å². The summed E-state index contributed by atoms with van der Waals surface area (Å²) in [5.74, 6) is 0.339. The maximum absolute atomic E-state index is 13.5. The molecule has 1 heterocycles. The van der Waals surface area contributed by atoms with Crippen LogP contribution in [0.3, 0.4) is 0 Å². The summed E-state index contributed by atoms with van der Waals surface area (Å²) in [6, 6.07) is 7.31. The molecule has 1 aromatic heterocycles. The number of aliphatic imine (C=N–C) groups is 1. The van der Waals surface area contributed by atoms with Gasteiger partial charge in [0.15, 0.2) is 5.96 Å². The topological polar surface area (TPSA) is 58.8 Å². The third-order valence-corrected chi connectivity index (χ3v) is 3.51. The van der Waals surface area contributed by atoms with Crippen LogP contribution in [0.1, 0.15) is 17.7 Å². The summed E-state index contributed by atoms with van der Waals surface area (Å²) in [7, 11) is 1.67. The van der Waals surface area contributed by atoms with Gasteiger partial charge in [-0.15, -0.1) is 24.0 Å². The van der Waals surface area contributed by atoms with Crippen molar-refractivity contribution in [1.29, 1.82) is 0 Å². The van der Waals surface area contributed by atoms with Crippen LogP contribution in [0.5, 0.6) is 0 Å². The van der Waals surface area contributed by atoms with Gasteiger partial charge < -0.3 is 19.8 Å². The van der Waals surface area contributed by atoms with E-state index < -0.39 is 11.6 Å². The lowest BCUT2D eigenvalue weighted by molar-refractivity contribution is 0.105. The molecule has 0 atom stereocenters. The molecule has 2 aromatic rings. The van der Waals surface area contributed by atoms with Crippen molar-refractivity contribution in [2.24, 2.45) is 4.99 Å². The van der Waals surface area contributed by atoms with Gasteiger partial charge in [-0.3, -0.25) is 4.99 Å². The first-order valence-corrected chi connectivity index (χ1v) is 8.17. The number of furan rings is 1. The molecule has 0 aliphatic carbocycles. The van der Waals surface area contributed by atoms with Gasteiger partial charge in [0.05, 0.1) is 6.26 Å². The normalized spacial score (nSPS) is 11.1. The molecule has 0 radical (unpaired) electrons. The monoisotopic (exact) mass is 479 g/mol. The lowest BCUT2D eigenvalue weighted by Crippen LogP contribution is -2.39. The van der Waals surface area contributed by atoms with Crippen LogP contribution >= 0.6 is 24.0 Å². The van der Waals surface area contributed by atoms with Crippen molar-refractivity contribution in [3.63, 3.8) is 0 Å². The van der Waals surface area contributed by atoms with Crippen LogP contribution in [-0.2, 0) is 17.8 Å². The fourth-order valence-corrected chi connectivity index (χ4v) is 2.21. The van der Waals surface area contributed by atoms with E-state index in [2.05, 4.69) is 15.6 Å². The Morgan fingerprint density at radius 1 is 1.19 bits per heavy atom. The van der Waals surface area contributed by atoms with Crippen molar-refractivity contribution in [2.45, 2.75) is 19.4 Å². The Hall–Kier alpha value is -1.68. The second-order valence-corrected chi connectivity index (χ2v) is 5.40. The number of rotatable bonds is 9. The number of hydrogen-bond acceptors (Lipinski definition) is 3. The molecule has 2 rings (SSSR count). The molecule has 5 nitrogen and oxygen atoms in total. The van der Waals surface area contributed by atoms with Crippen LogP contribution in [0.4, 0.5) is 8.78 Å². The highest BCUT2D eigenvalue weighted by Gasteiger charge is 2.04. The number of halogens is 3. The van der Waals surface area contributed by atoms with E-state index in [0.29, 0.717) is 44.2 Å². The minimum Gasteiger partial charge on any atom is -0.467 e. The number of guanidine groups is 1. The third-order valence-electron chi connectivity index (χ3n) is 3.51. The zero-order valence-corrected chi connectivity index (χ0v) is 17.0. The zero-order chi connectivity index (χ0) is 17.9. The van der Waals surface area contributed by atoms with Gasteiger partial charge in [0.2, 0.25) is 0 Å². The highest BCUT2D eigenvalue weighted by Crippen LogP contribution is 2.09. The minimum absolute atomic E-state index is 0. The molecule has 26 heavy (non-hydrogen) atoms. The first kappa shape index (κ1) is 22.4. The van der Waals surface area contributed by atoms with Gasteiger partial charge in [-0.2, -0.15) is 0 Å². The average molecular weight is 479 g/mol. The van der Waals surface area contributed by atoms with Crippen molar-refractivity contribution < 1.29 is 17.9 Å². The van der Waals surface area contributed by atoms with E-state index in [1.54, 1.807) is 13.3 Å². The Kier molecular flexibility index (Phi) is 10.9. The summed E-state index contributed by atoms with van der Waals surface area (Å²) in [5, 5.41) is 6.25. The molecule has 1 aromatic carbocycles. The lowest BCUT2D eigenvalue weighted by Gasteiger charge is -2.12. The van der Waals surface area contributed by atoms with E-state index >= 15 is 0 Å². The maximum Gasteiger partial charge on any atom is 0.190 e. The van der Waals surface area contributed by atoms with Crippen molar-refractivity contribution in [3.8, 4) is 0 Å². The summed E-state index contributed by atoms with van der Waals surface area (Å²) in [6.45, 7) is 2.26. The Morgan fingerprint density at radius 2 is 2.00 bits per heavy atom. The second-order valence-electron chi connectivity index (χ2n) is 5.40. The molecule has 0 unspecified atom stereocenters. The third kappa shape index (κ3) is 8.13. The van der Waals surface area contributed by atoms with Gasteiger partial charge >= 0.3 is 0 Å². The highest BCUT2D eigenvalue weighted by molar-refractivity contribution is 14.0. The molecule has 8 heteroatoms. The molecule has 0 bridgehead atoms. The number of benzene rings is 1. The number of hydrogen-bond donors (Lipinski definition) is 2. The van der Waals surface area contributed by atoms with E-state index in [1.807, 2.05) is 12.1 Å². The maximum atomic E-state index is 13.5. The van der Waals surface area contributed by atoms with Crippen molar-refractivity contribution >= 4 is 29.9 Å². The van der Waals surface area contributed by atoms with Crippen LogP contribution in [0.15, 0.2) is 46.0 Å². The van der Waals surface area contributed by atoms with Gasteiger partial charge in [0.1, 0.15) is 24.0 Å². The van der Waals surface area contributed by atoms with Crippen LogP contribution in [-0.4, -0.2) is 32.7 Å². The van der Waals surface area contributed by atoms with Crippen LogP contribution in [0.2, 0.25) is 0 Å². The van der Waals surface area contributed by atoms with E-state index in [0.717, 1.165) is 18.2 Å². The molecular formula is C18H24F2IN3O2. The molecule has 0 aliphatic heterocycles. The Labute approximate surface area is 169 Å². The lowest BCUT2D eigenvalue weighted by atomic mass is 10.1. The first-order valence-electron chi connectivity index (χ1n) is 8.17. The molecule has 0 aliphatic rings. The van der Waals surface area contributed by atoms with E-state index in [9.17, 15) is 8.78 Å². The standard InChI is InChI=1S/C18H23F2N3O2.HI/c1-21-18(22-8-3-10-24-13-16-4-2-11-25-16)23-9-7-14-5-6-15(19)12-17(14)20;/h2,4-6,11-12H,3,7-10,13H2,1H3,(H2,21,22,23);1H. The SMILES string of the molecule is CN=C(NCCCOCc1ccco1)NCCc1ccc(F)cc1F.I. The van der Waals surface area contributed by atoms with Crippen LogP contribution in [0, 0.1) is 11.6 Å². The average Bonchev–Trinajstić information content (AvgIpc) is 3.11. The summed E-state index contributed by atoms with van der Waals surface area (Å²) >= 11 is 0. The zero-order valence-electron chi connectivity index (χ0n) is 14.6. The van der Waals surface area contributed by atoms with Gasteiger partial charge in [0.25, 0.3) is 0 Å². The second kappa shape index (κ2) is 12.6. The molecule has 0 spiro atoms. The van der Waals surface area contributed by atoms with Crippen LogP contribution in [0.25, 0.3) is 0 Å². The molecule has 144 valence electrons. The molecule has 0 saturated heterocycles. The summed E-state index contributed by atoms with van der Waals surface area (Å²) in [6.07, 6.45) is 2.88. The predicted molar refractivity (Wildman–Crippen MR) is 108 cm³/mol. The van der Waals surface area contributed by atoms with E-state index in [-0.39, 0.29) is 24.0 Å². The van der Waals surface area contributed by atoms with Gasteiger partial charge in [-0.25, -0.2) is 8.78 Å². The van der Waals surface area contributed by atoms with Crippen molar-refractivity contribution in [1.82, 2.24) is 10.6 Å². The van der Waals surface area contributed by atoms with Crippen molar-refractivity contribution in [2.75, 3.05) is 26.7 Å². The molecule has 0 fully saturated rings. The molecule has 0 saturated carbocycles. The molecule has 2 N–H and O–H groups in total. The summed E-state index contributed by atoms with van der Waals surface area (Å²) in [5.41, 5.74) is 0.468. The highest BCUT2D eigenvalue weighted by atomic mass is 127. The summed E-state index contributed by atoms with van der Waals surface area (Å²) < 4.78 is 37.1. The van der Waals surface area contributed by atoms with Gasteiger partial charge in [0, 0.05) is 32.8 Å². The van der Waals surface area contributed by atoms with E-state index in [4.69, 9.17) is 9.15 Å². The summed E-state index contributed by atoms with van der Waals surface area (Å²) in [4.78, 5) is 4.10. The van der Waals surface area contributed by atoms with Gasteiger partial charge in [-0.1, -0.05) is 6.07 Å². The Balaban J connectivity index is 0.00000338. The Morgan fingerprint density at radius 3 is 2.69 bits per heavy atom. The largest absolute Gasteiger partial charge is 0.467 e. The number of nitrogens with one attached hydrogen (secondary N) is 2. The van der Waals surface area contributed by atoms with Crippen molar-refractivity contribution in [3.05, 3.63) is 59.6 Å². The smallest absolute Gasteiger partial charge is 0.190 e. The number of nitrogens with zero attached hydrogens (tertiary/aromatic N) is 1. The first-order chi connectivity index (χ1) is 12.2. The van der Waals surface area contributed by atoms with Crippen LogP contribution < -0.4 is 10.6 Å². The fraction of sp³-hybridized carbons (Fsp3) is 0.389. The minimum atomic E-state index is -0.569. The van der Waals surface area contributed by atoms with Gasteiger partial charge in [-0.05, 0) is 36.6 Å². The molecule has 0 amide bonds. The number of ether oxygens (including phenoxy) is 1. The quantitative estimate of drug-likeness (QED) is 0.250. The Bertz CT molecular complexity index is 666. The fourth-order valence-electron chi connectivity index (χ4n) is 2.21.